The number of aryl methyl sites for hydroxylation is 1. The summed E-state index contributed by atoms with van der Waals surface area (Å²) < 4.78 is 1.07. The molecule has 1 saturated heterocycles. The predicted molar refractivity (Wildman–Crippen MR) is 95.5 cm³/mol. The second kappa shape index (κ2) is 5.95. The molecule has 1 saturated carbocycles. The van der Waals surface area contributed by atoms with Crippen LogP contribution in [0.4, 0.5) is 5.13 Å². The first-order valence-electron chi connectivity index (χ1n) is 8.23. The van der Waals surface area contributed by atoms with Gasteiger partial charge in [0, 0.05) is 25.0 Å². The van der Waals surface area contributed by atoms with Crippen LogP contribution in [0.5, 0.6) is 0 Å². The van der Waals surface area contributed by atoms with E-state index in [0.29, 0.717) is 6.04 Å². The van der Waals surface area contributed by atoms with Crippen molar-refractivity contribution in [3.05, 3.63) is 22.7 Å². The van der Waals surface area contributed by atoms with E-state index >= 15 is 0 Å². The number of hydrogen-bond acceptors (Lipinski definition) is 4. The Balaban J connectivity index is 1.46. The Kier molecular flexibility index (Phi) is 3.93. The Morgan fingerprint density at radius 1 is 1.30 bits per heavy atom. The zero-order chi connectivity index (χ0) is 16.0. The molecule has 1 amide bonds. The van der Waals surface area contributed by atoms with Crippen molar-refractivity contribution >= 4 is 44.2 Å². The number of benzene rings is 1. The van der Waals surface area contributed by atoms with Gasteiger partial charge in [0.05, 0.1) is 15.2 Å². The highest BCUT2D eigenvalue weighted by atomic mass is 35.5. The zero-order valence-corrected chi connectivity index (χ0v) is 14.7. The van der Waals surface area contributed by atoms with Gasteiger partial charge in [-0.3, -0.25) is 4.79 Å². The van der Waals surface area contributed by atoms with Gasteiger partial charge in [-0.2, -0.15) is 0 Å². The number of amides is 1. The number of rotatable bonds is 3. The van der Waals surface area contributed by atoms with E-state index in [2.05, 4.69) is 17.1 Å². The van der Waals surface area contributed by atoms with Crippen molar-refractivity contribution in [2.24, 2.45) is 5.92 Å². The van der Waals surface area contributed by atoms with Crippen molar-refractivity contribution < 1.29 is 4.79 Å². The van der Waals surface area contributed by atoms with Crippen molar-refractivity contribution in [2.45, 2.75) is 38.6 Å². The summed E-state index contributed by atoms with van der Waals surface area (Å²) in [5.41, 5.74) is 2.16. The minimum absolute atomic E-state index is 0.159. The lowest BCUT2D eigenvalue weighted by Gasteiger charge is -2.31. The monoisotopic (exact) mass is 349 g/mol. The Labute approximate surface area is 144 Å². The highest BCUT2D eigenvalue weighted by molar-refractivity contribution is 7.22. The van der Waals surface area contributed by atoms with E-state index in [1.165, 1.54) is 0 Å². The number of nitrogens with zero attached hydrogens (tertiary/aromatic N) is 2. The number of hydrogen-bond donors (Lipinski definition) is 1. The highest BCUT2D eigenvalue weighted by Gasteiger charge is 2.30. The fourth-order valence-electron chi connectivity index (χ4n) is 3.11. The van der Waals surface area contributed by atoms with Gasteiger partial charge in [0.25, 0.3) is 0 Å². The molecule has 0 radical (unpaired) electrons. The minimum atomic E-state index is 0.159. The molecule has 1 N–H and O–H groups in total. The third kappa shape index (κ3) is 3.04. The maximum Gasteiger partial charge on any atom is 0.223 e. The molecule has 1 aliphatic carbocycles. The fraction of sp³-hybridized carbons (Fsp3) is 0.529. The molecule has 0 bridgehead atoms. The summed E-state index contributed by atoms with van der Waals surface area (Å²) in [7, 11) is 0. The molecule has 1 aromatic heterocycles. The predicted octanol–water partition coefficient (Wildman–Crippen LogP) is 3.75. The van der Waals surface area contributed by atoms with Crippen LogP contribution in [0.25, 0.3) is 10.2 Å². The van der Waals surface area contributed by atoms with Crippen LogP contribution in [-0.2, 0) is 4.79 Å². The van der Waals surface area contributed by atoms with Crippen molar-refractivity contribution in [1.29, 1.82) is 0 Å². The average molecular weight is 350 g/mol. The maximum atomic E-state index is 12.2. The molecule has 122 valence electrons. The molecule has 2 fully saturated rings. The van der Waals surface area contributed by atoms with Crippen molar-refractivity contribution in [3.63, 3.8) is 0 Å². The van der Waals surface area contributed by atoms with Gasteiger partial charge in [-0.15, -0.1) is 0 Å². The zero-order valence-electron chi connectivity index (χ0n) is 13.1. The van der Waals surface area contributed by atoms with Crippen LogP contribution in [0.15, 0.2) is 12.1 Å². The summed E-state index contributed by atoms with van der Waals surface area (Å²) in [6.45, 7) is 3.84. The molecule has 1 aromatic carbocycles. The summed E-state index contributed by atoms with van der Waals surface area (Å²) in [5.74, 6) is 0.405. The Hall–Kier alpha value is -1.33. The van der Waals surface area contributed by atoms with Crippen molar-refractivity contribution in [1.82, 2.24) is 10.3 Å². The lowest BCUT2D eigenvalue weighted by atomic mass is 9.96. The molecule has 6 heteroatoms. The maximum absolute atomic E-state index is 12.2. The number of aromatic nitrogens is 1. The van der Waals surface area contributed by atoms with Gasteiger partial charge in [0.15, 0.2) is 5.13 Å². The van der Waals surface area contributed by atoms with E-state index in [4.69, 9.17) is 16.6 Å². The summed E-state index contributed by atoms with van der Waals surface area (Å²) in [5, 5.41) is 4.92. The van der Waals surface area contributed by atoms with Crippen LogP contribution in [-0.4, -0.2) is 30.0 Å². The van der Waals surface area contributed by atoms with E-state index in [1.807, 2.05) is 12.1 Å². The molecule has 2 aromatic rings. The van der Waals surface area contributed by atoms with E-state index in [0.717, 1.165) is 64.7 Å². The Morgan fingerprint density at radius 2 is 2.04 bits per heavy atom. The molecule has 0 spiro atoms. The molecule has 2 heterocycles. The average Bonchev–Trinajstić information content (AvgIpc) is 3.25. The Bertz CT molecular complexity index is 709. The minimum Gasteiger partial charge on any atom is -0.353 e. The number of carbonyl (C=O) groups is 1. The first-order chi connectivity index (χ1) is 11.1. The lowest BCUT2D eigenvalue weighted by Crippen LogP contribution is -2.41. The standard InChI is InChI=1S/C17H20ClN3OS/c1-10-2-5-13(18)15-14(10)20-17(23-15)21-8-6-11(7-9-21)16(22)19-12-3-4-12/h2,5,11-12H,3-4,6-9H2,1H3,(H,19,22). The van der Waals surface area contributed by atoms with Crippen molar-refractivity contribution in [2.75, 3.05) is 18.0 Å². The number of carbonyl (C=O) groups excluding carboxylic acids is 1. The normalized spacial score (nSPS) is 19.3. The van der Waals surface area contributed by atoms with Crippen LogP contribution in [0.3, 0.4) is 0 Å². The van der Waals surface area contributed by atoms with Gasteiger partial charge >= 0.3 is 0 Å². The highest BCUT2D eigenvalue weighted by Crippen LogP contribution is 2.36. The molecule has 0 atom stereocenters. The SMILES string of the molecule is Cc1ccc(Cl)c2sc(N3CCC(C(=O)NC4CC4)CC3)nc12. The molecule has 0 unspecified atom stereocenters. The number of fused-ring (bicyclic) bond motifs is 1. The molecular formula is C17H20ClN3OS. The Morgan fingerprint density at radius 3 is 2.70 bits per heavy atom. The van der Waals surface area contributed by atoms with Gasteiger partial charge in [-0.25, -0.2) is 4.98 Å². The lowest BCUT2D eigenvalue weighted by molar-refractivity contribution is -0.125. The largest absolute Gasteiger partial charge is 0.353 e. The van der Waals surface area contributed by atoms with Gasteiger partial charge in [0.2, 0.25) is 5.91 Å². The molecule has 23 heavy (non-hydrogen) atoms. The summed E-state index contributed by atoms with van der Waals surface area (Å²) >= 11 is 7.96. The van der Waals surface area contributed by atoms with Crippen LogP contribution >= 0.6 is 22.9 Å². The fourth-order valence-corrected chi connectivity index (χ4v) is 4.47. The number of nitrogens with one attached hydrogen (secondary N) is 1. The molecular weight excluding hydrogens is 330 g/mol. The van der Waals surface area contributed by atoms with Gasteiger partial charge in [-0.05, 0) is 44.2 Å². The molecule has 4 rings (SSSR count). The van der Waals surface area contributed by atoms with E-state index in [1.54, 1.807) is 11.3 Å². The topological polar surface area (TPSA) is 45.2 Å². The summed E-state index contributed by atoms with van der Waals surface area (Å²) in [6.07, 6.45) is 4.11. The second-order valence-corrected chi connectivity index (χ2v) is 7.97. The number of halogens is 1. The summed E-state index contributed by atoms with van der Waals surface area (Å²) in [6, 6.07) is 4.41. The van der Waals surface area contributed by atoms with E-state index < -0.39 is 0 Å². The van der Waals surface area contributed by atoms with Gasteiger partial charge < -0.3 is 10.2 Å². The van der Waals surface area contributed by atoms with Gasteiger partial charge in [-0.1, -0.05) is 29.0 Å². The van der Waals surface area contributed by atoms with Crippen LogP contribution in [0.1, 0.15) is 31.2 Å². The van der Waals surface area contributed by atoms with Crippen LogP contribution in [0, 0.1) is 12.8 Å². The first-order valence-corrected chi connectivity index (χ1v) is 9.42. The smallest absolute Gasteiger partial charge is 0.223 e. The van der Waals surface area contributed by atoms with Crippen LogP contribution < -0.4 is 10.2 Å². The van der Waals surface area contributed by atoms with Gasteiger partial charge in [0.1, 0.15) is 0 Å². The quantitative estimate of drug-likeness (QED) is 0.917. The molecule has 2 aliphatic rings. The molecule has 4 nitrogen and oxygen atoms in total. The van der Waals surface area contributed by atoms with Crippen molar-refractivity contribution in [3.8, 4) is 0 Å². The third-order valence-electron chi connectivity index (χ3n) is 4.75. The van der Waals surface area contributed by atoms with E-state index in [9.17, 15) is 4.79 Å². The summed E-state index contributed by atoms with van der Waals surface area (Å²) in [4.78, 5) is 19.2. The third-order valence-corrected chi connectivity index (χ3v) is 6.32. The van der Waals surface area contributed by atoms with E-state index in [-0.39, 0.29) is 11.8 Å². The number of piperidine rings is 1. The van der Waals surface area contributed by atoms with Crippen LogP contribution in [0.2, 0.25) is 5.02 Å². The first kappa shape index (κ1) is 15.2. The number of thiazole rings is 1. The number of anilines is 1. The molecule has 1 aliphatic heterocycles. The second-order valence-electron chi connectivity index (χ2n) is 6.58.